The molecule has 6 heteroatoms. The molecule has 3 rings (SSSR count). The quantitative estimate of drug-likeness (QED) is 0.636. The van der Waals surface area contributed by atoms with Crippen molar-refractivity contribution in [1.82, 2.24) is 4.90 Å². The van der Waals surface area contributed by atoms with E-state index in [2.05, 4.69) is 16.5 Å². The Kier molecular flexibility index (Phi) is 2.90. The summed E-state index contributed by atoms with van der Waals surface area (Å²) in [5.74, 6) is 0. The third-order valence-corrected chi connectivity index (χ3v) is 4.64. The number of nitrogens with zero attached hydrogens (tertiary/aromatic N) is 2. The maximum Gasteiger partial charge on any atom is 0.162 e. The lowest BCUT2D eigenvalue weighted by molar-refractivity contribution is -0.135. The minimum absolute atomic E-state index is 0.202. The minimum Gasteiger partial charge on any atom is -0.388 e. The Morgan fingerprint density at radius 3 is 2.76 bits per heavy atom. The number of hydrogen-bond acceptors (Lipinski definition) is 6. The number of amidine groups is 1. The highest BCUT2D eigenvalue weighted by Gasteiger charge is 2.48. The van der Waals surface area contributed by atoms with Crippen LogP contribution in [0, 0.1) is 0 Å². The van der Waals surface area contributed by atoms with E-state index in [4.69, 9.17) is 4.74 Å². The van der Waals surface area contributed by atoms with Crippen LogP contribution < -0.4 is 0 Å². The molecule has 0 bridgehead atoms. The third kappa shape index (κ3) is 1.79. The van der Waals surface area contributed by atoms with Gasteiger partial charge in [-0.2, -0.15) is 0 Å². The average Bonchev–Trinajstić information content (AvgIpc) is 2.64. The highest BCUT2D eigenvalue weighted by molar-refractivity contribution is 8.14. The molecule has 0 radical (unpaired) electrons. The van der Waals surface area contributed by atoms with Gasteiger partial charge in [-0.05, 0) is 6.42 Å². The van der Waals surface area contributed by atoms with Crippen LogP contribution >= 0.6 is 11.8 Å². The van der Waals surface area contributed by atoms with E-state index in [1.807, 2.05) is 0 Å². The second kappa shape index (κ2) is 4.28. The number of aliphatic imine (C=N–C) groups is 1. The molecule has 0 aromatic heterocycles. The first kappa shape index (κ1) is 11.5. The lowest BCUT2D eigenvalue weighted by Crippen LogP contribution is -2.53. The molecule has 2 N–H and O–H groups in total. The molecule has 3 heterocycles. The van der Waals surface area contributed by atoms with Crippen molar-refractivity contribution in [1.29, 1.82) is 0 Å². The lowest BCUT2D eigenvalue weighted by atomic mass is 9.98. The van der Waals surface area contributed by atoms with Gasteiger partial charge < -0.3 is 19.8 Å². The number of fused-ring (bicyclic) bond motifs is 1. The summed E-state index contributed by atoms with van der Waals surface area (Å²) >= 11 is 1.54. The first-order valence-electron chi connectivity index (χ1n) is 5.84. The van der Waals surface area contributed by atoms with Crippen LogP contribution in [0.1, 0.15) is 6.42 Å². The number of aliphatic hydroxyl groups is 2. The van der Waals surface area contributed by atoms with E-state index in [0.29, 0.717) is 0 Å². The van der Waals surface area contributed by atoms with Gasteiger partial charge >= 0.3 is 0 Å². The average molecular weight is 256 g/mol. The van der Waals surface area contributed by atoms with Gasteiger partial charge in [0.25, 0.3) is 0 Å². The number of hydrogen-bond donors (Lipinski definition) is 2. The number of thioether (sulfide) groups is 1. The van der Waals surface area contributed by atoms with Gasteiger partial charge in [-0.15, -0.1) is 6.58 Å². The Morgan fingerprint density at radius 2 is 2.18 bits per heavy atom. The molecule has 0 unspecified atom stereocenters. The predicted molar refractivity (Wildman–Crippen MR) is 65.9 cm³/mol. The molecule has 0 aromatic carbocycles. The molecule has 0 amide bonds. The summed E-state index contributed by atoms with van der Waals surface area (Å²) in [4.78, 5) is 6.64. The topological polar surface area (TPSA) is 65.3 Å². The molecule has 5 nitrogen and oxygen atoms in total. The molecule has 5 atom stereocenters. The Morgan fingerprint density at radius 1 is 1.41 bits per heavy atom. The SMILES string of the molecule is C=C[C@H]1O[C@@H]2SC(N3CCC3)=N[C@@H]2[C@@H](O)[C@@H]1O. The van der Waals surface area contributed by atoms with Gasteiger partial charge in [0, 0.05) is 13.1 Å². The van der Waals surface area contributed by atoms with Crippen LogP contribution in [0.25, 0.3) is 0 Å². The monoisotopic (exact) mass is 256 g/mol. The lowest BCUT2D eigenvalue weighted by Gasteiger charge is -2.36. The molecule has 3 aliphatic rings. The molecule has 2 fully saturated rings. The number of aliphatic hydroxyl groups excluding tert-OH is 2. The van der Waals surface area contributed by atoms with Gasteiger partial charge in [-0.3, -0.25) is 4.99 Å². The molecular formula is C11H16N2O3S. The summed E-state index contributed by atoms with van der Waals surface area (Å²) in [6.45, 7) is 5.66. The maximum atomic E-state index is 10.0. The van der Waals surface area contributed by atoms with Crippen molar-refractivity contribution in [3.8, 4) is 0 Å². The number of rotatable bonds is 1. The molecule has 2 saturated heterocycles. The summed E-state index contributed by atoms with van der Waals surface area (Å²) in [7, 11) is 0. The van der Waals surface area contributed by atoms with Crippen molar-refractivity contribution in [2.75, 3.05) is 13.1 Å². The molecule has 3 aliphatic heterocycles. The highest BCUT2D eigenvalue weighted by Crippen LogP contribution is 2.38. The van der Waals surface area contributed by atoms with E-state index in [1.165, 1.54) is 24.3 Å². The van der Waals surface area contributed by atoms with E-state index in [9.17, 15) is 10.2 Å². The number of ether oxygens (including phenoxy) is 1. The molecule has 0 spiro atoms. The fraction of sp³-hybridized carbons (Fsp3) is 0.727. The summed E-state index contributed by atoms with van der Waals surface area (Å²) in [6, 6.07) is -0.359. The maximum absolute atomic E-state index is 10.0. The van der Waals surface area contributed by atoms with Crippen LogP contribution in [-0.2, 0) is 4.74 Å². The van der Waals surface area contributed by atoms with E-state index in [-0.39, 0.29) is 11.5 Å². The van der Waals surface area contributed by atoms with E-state index >= 15 is 0 Å². The summed E-state index contributed by atoms with van der Waals surface area (Å²) in [6.07, 6.45) is 0.407. The van der Waals surface area contributed by atoms with Crippen LogP contribution in [0.15, 0.2) is 17.6 Å². The first-order valence-corrected chi connectivity index (χ1v) is 6.72. The first-order chi connectivity index (χ1) is 8.20. The highest BCUT2D eigenvalue weighted by atomic mass is 32.2. The van der Waals surface area contributed by atoms with Crippen LogP contribution in [0.4, 0.5) is 0 Å². The normalized spacial score (nSPS) is 44.9. The zero-order valence-electron chi connectivity index (χ0n) is 9.40. The van der Waals surface area contributed by atoms with Gasteiger partial charge in [0.2, 0.25) is 0 Å². The molecule has 0 saturated carbocycles. The van der Waals surface area contributed by atoms with Crippen molar-refractivity contribution in [3.05, 3.63) is 12.7 Å². The Hall–Kier alpha value is -0.560. The molecule has 0 aliphatic carbocycles. The van der Waals surface area contributed by atoms with Gasteiger partial charge in [-0.1, -0.05) is 17.8 Å². The molecule has 94 valence electrons. The summed E-state index contributed by atoms with van der Waals surface area (Å²) in [5, 5.41) is 20.8. The summed E-state index contributed by atoms with van der Waals surface area (Å²) < 4.78 is 5.68. The fourth-order valence-corrected chi connectivity index (χ4v) is 3.50. The second-order valence-electron chi connectivity index (χ2n) is 4.55. The van der Waals surface area contributed by atoms with Crippen LogP contribution in [0.3, 0.4) is 0 Å². The smallest absolute Gasteiger partial charge is 0.162 e. The van der Waals surface area contributed by atoms with Crippen LogP contribution in [0.2, 0.25) is 0 Å². The minimum atomic E-state index is -0.936. The van der Waals surface area contributed by atoms with E-state index in [0.717, 1.165) is 18.3 Å². The van der Waals surface area contributed by atoms with Gasteiger partial charge in [-0.25, -0.2) is 0 Å². The van der Waals surface area contributed by atoms with Gasteiger partial charge in [0.05, 0.1) is 0 Å². The van der Waals surface area contributed by atoms with Crippen LogP contribution in [-0.4, -0.2) is 63.2 Å². The molecule has 0 aromatic rings. The van der Waals surface area contributed by atoms with Crippen LogP contribution in [0.5, 0.6) is 0 Å². The van der Waals surface area contributed by atoms with E-state index < -0.39 is 18.3 Å². The third-order valence-electron chi connectivity index (χ3n) is 3.45. The Balaban J connectivity index is 1.76. The Bertz CT molecular complexity index is 359. The zero-order valence-corrected chi connectivity index (χ0v) is 10.2. The van der Waals surface area contributed by atoms with E-state index in [1.54, 1.807) is 0 Å². The second-order valence-corrected chi connectivity index (χ2v) is 5.61. The van der Waals surface area contributed by atoms with Crippen molar-refractivity contribution in [3.63, 3.8) is 0 Å². The van der Waals surface area contributed by atoms with Crippen molar-refractivity contribution in [2.45, 2.75) is 36.2 Å². The largest absolute Gasteiger partial charge is 0.388 e. The molecular weight excluding hydrogens is 240 g/mol. The zero-order chi connectivity index (χ0) is 12.0. The van der Waals surface area contributed by atoms with Crippen molar-refractivity contribution >= 4 is 16.9 Å². The predicted octanol–water partition coefficient (Wildman–Crippen LogP) is -0.204. The number of likely N-dealkylation sites (tertiary alicyclic amines) is 1. The molecule has 17 heavy (non-hydrogen) atoms. The van der Waals surface area contributed by atoms with Crippen molar-refractivity contribution in [2.24, 2.45) is 4.99 Å². The van der Waals surface area contributed by atoms with Gasteiger partial charge in [0.1, 0.15) is 29.8 Å². The fourth-order valence-electron chi connectivity index (χ4n) is 2.23. The van der Waals surface area contributed by atoms with Gasteiger partial charge in [0.15, 0.2) is 5.17 Å². The summed E-state index contributed by atoms with van der Waals surface area (Å²) in [5.41, 5.74) is -0.202. The Labute approximate surface area is 104 Å². The van der Waals surface area contributed by atoms with Crippen molar-refractivity contribution < 1.29 is 14.9 Å². The standard InChI is InChI=1S/C11H16N2O3S/c1-2-6-8(14)9(15)7-10(16-6)17-11(12-7)13-4-3-5-13/h2,6-10,14-15H,1,3-5H2/t6-,7-,8-,9-,10-/m1/s1.